The smallest absolute Gasteiger partial charge is 0.341 e. The summed E-state index contributed by atoms with van der Waals surface area (Å²) in [6, 6.07) is 0. The Bertz CT molecular complexity index is 647. The van der Waals surface area contributed by atoms with Crippen molar-refractivity contribution in [1.82, 2.24) is 5.32 Å². The van der Waals surface area contributed by atoms with Crippen LogP contribution >= 0.6 is 0 Å². The second-order valence-corrected chi connectivity index (χ2v) is 5.26. The number of aliphatic carboxylic acids is 1. The van der Waals surface area contributed by atoms with Gasteiger partial charge in [-0.05, 0) is 20.3 Å². The van der Waals surface area contributed by atoms with E-state index in [9.17, 15) is 19.2 Å². The van der Waals surface area contributed by atoms with Crippen LogP contribution in [0.15, 0.2) is 22.5 Å². The standard InChI is InChI=1S/C16H21NO8/c1-5-6-24-15(21)12-9(3)17-8(2)11(14(20)23-4)13(12)16(22)25-7-10(18)19/h13,17H,5-7H2,1-4H3,(H,18,19). The number of carbonyl (C=O) groups is 4. The van der Waals surface area contributed by atoms with Crippen LogP contribution in [0.3, 0.4) is 0 Å². The van der Waals surface area contributed by atoms with Gasteiger partial charge in [0.15, 0.2) is 6.61 Å². The zero-order valence-electron chi connectivity index (χ0n) is 14.5. The summed E-state index contributed by atoms with van der Waals surface area (Å²) >= 11 is 0. The van der Waals surface area contributed by atoms with E-state index in [-0.39, 0.29) is 17.8 Å². The van der Waals surface area contributed by atoms with Crippen LogP contribution < -0.4 is 5.32 Å². The molecule has 1 atom stereocenters. The highest BCUT2D eigenvalue weighted by Crippen LogP contribution is 2.32. The van der Waals surface area contributed by atoms with Crippen molar-refractivity contribution < 1.29 is 38.5 Å². The number of rotatable bonds is 7. The minimum absolute atomic E-state index is 0.116. The molecule has 0 aromatic rings. The average Bonchev–Trinajstić information content (AvgIpc) is 2.56. The van der Waals surface area contributed by atoms with Crippen molar-refractivity contribution in [1.29, 1.82) is 0 Å². The molecule has 1 aliphatic rings. The van der Waals surface area contributed by atoms with Crippen LogP contribution in [0, 0.1) is 5.92 Å². The van der Waals surface area contributed by atoms with Gasteiger partial charge in [-0.3, -0.25) is 4.79 Å². The minimum atomic E-state index is -1.43. The molecule has 0 aromatic heterocycles. The lowest BCUT2D eigenvalue weighted by Gasteiger charge is -2.28. The van der Waals surface area contributed by atoms with Crippen LogP contribution in [-0.2, 0) is 33.4 Å². The lowest BCUT2D eigenvalue weighted by atomic mass is 9.85. The van der Waals surface area contributed by atoms with Crippen molar-refractivity contribution in [3.8, 4) is 0 Å². The Morgan fingerprint density at radius 2 is 1.60 bits per heavy atom. The Morgan fingerprint density at radius 3 is 2.08 bits per heavy atom. The number of dihydropyridines is 1. The number of carboxylic acids is 1. The third kappa shape index (κ3) is 4.82. The van der Waals surface area contributed by atoms with Gasteiger partial charge < -0.3 is 24.6 Å². The molecular weight excluding hydrogens is 334 g/mol. The van der Waals surface area contributed by atoms with Crippen LogP contribution in [0.2, 0.25) is 0 Å². The molecule has 9 heteroatoms. The van der Waals surface area contributed by atoms with Crippen molar-refractivity contribution in [3.05, 3.63) is 22.5 Å². The highest BCUT2D eigenvalue weighted by atomic mass is 16.6. The Balaban J connectivity index is 3.32. The first-order chi connectivity index (χ1) is 11.7. The van der Waals surface area contributed by atoms with Gasteiger partial charge in [-0.25, -0.2) is 14.4 Å². The van der Waals surface area contributed by atoms with Gasteiger partial charge in [0, 0.05) is 11.4 Å². The number of methoxy groups -OCH3 is 1. The molecule has 1 rings (SSSR count). The van der Waals surface area contributed by atoms with Gasteiger partial charge in [0.05, 0.1) is 24.9 Å². The predicted molar refractivity (Wildman–Crippen MR) is 83.9 cm³/mol. The molecule has 1 heterocycles. The van der Waals surface area contributed by atoms with E-state index in [1.165, 1.54) is 13.8 Å². The predicted octanol–water partition coefficient (Wildman–Crippen LogP) is 0.508. The number of ether oxygens (including phenoxy) is 3. The van der Waals surface area contributed by atoms with Crippen LogP contribution in [0.25, 0.3) is 0 Å². The van der Waals surface area contributed by atoms with Crippen LogP contribution in [-0.4, -0.2) is 49.3 Å². The molecule has 138 valence electrons. The Labute approximate surface area is 144 Å². The summed E-state index contributed by atoms with van der Waals surface area (Å²) in [6.45, 7) is 4.10. The summed E-state index contributed by atoms with van der Waals surface area (Å²) < 4.78 is 14.4. The molecule has 0 saturated carbocycles. The number of hydrogen-bond donors (Lipinski definition) is 2. The first-order valence-corrected chi connectivity index (χ1v) is 7.56. The van der Waals surface area contributed by atoms with Gasteiger partial charge in [-0.2, -0.15) is 0 Å². The summed E-state index contributed by atoms with van der Waals surface area (Å²) in [7, 11) is 1.13. The molecule has 0 saturated heterocycles. The molecule has 0 amide bonds. The number of hydrogen-bond acceptors (Lipinski definition) is 8. The van der Waals surface area contributed by atoms with Gasteiger partial charge in [0.1, 0.15) is 5.92 Å². The van der Waals surface area contributed by atoms with Crippen molar-refractivity contribution in [2.24, 2.45) is 5.92 Å². The molecule has 1 unspecified atom stereocenters. The normalized spacial score (nSPS) is 16.9. The average molecular weight is 355 g/mol. The van der Waals surface area contributed by atoms with Crippen LogP contribution in [0.5, 0.6) is 0 Å². The Kier molecular flexibility index (Phi) is 7.16. The molecule has 0 aliphatic carbocycles. The summed E-state index contributed by atoms with van der Waals surface area (Å²) in [5, 5.41) is 11.5. The van der Waals surface area contributed by atoms with E-state index in [4.69, 9.17) is 14.6 Å². The molecule has 1 aliphatic heterocycles. The van der Waals surface area contributed by atoms with E-state index < -0.39 is 36.4 Å². The maximum absolute atomic E-state index is 12.4. The van der Waals surface area contributed by atoms with E-state index in [0.717, 1.165) is 7.11 Å². The summed E-state index contributed by atoms with van der Waals surface area (Å²) in [4.78, 5) is 47.5. The molecule has 25 heavy (non-hydrogen) atoms. The van der Waals surface area contributed by atoms with Gasteiger partial charge in [-0.15, -0.1) is 0 Å². The number of nitrogens with one attached hydrogen (secondary N) is 1. The fourth-order valence-electron chi connectivity index (χ4n) is 2.37. The third-order valence-corrected chi connectivity index (χ3v) is 3.40. The molecule has 0 radical (unpaired) electrons. The minimum Gasteiger partial charge on any atom is -0.479 e. The SMILES string of the molecule is CCCOC(=O)C1=C(C)NC(C)=C(C(=O)OC)C1C(=O)OCC(=O)O. The molecular formula is C16H21NO8. The Hall–Kier alpha value is -2.84. The van der Waals surface area contributed by atoms with Gasteiger partial charge in [0.2, 0.25) is 0 Å². The second kappa shape index (κ2) is 8.86. The van der Waals surface area contributed by atoms with Crippen LogP contribution in [0.4, 0.5) is 0 Å². The zero-order chi connectivity index (χ0) is 19.1. The van der Waals surface area contributed by atoms with E-state index in [0.29, 0.717) is 17.8 Å². The Morgan fingerprint density at radius 1 is 1.04 bits per heavy atom. The lowest BCUT2D eigenvalue weighted by molar-refractivity contribution is -0.158. The number of allylic oxidation sites excluding steroid dienone is 2. The van der Waals surface area contributed by atoms with Gasteiger partial charge in [-0.1, -0.05) is 6.92 Å². The second-order valence-electron chi connectivity index (χ2n) is 5.26. The summed E-state index contributed by atoms with van der Waals surface area (Å²) in [6.07, 6.45) is 0.568. The van der Waals surface area contributed by atoms with Crippen molar-refractivity contribution in [2.45, 2.75) is 27.2 Å². The number of carbonyl (C=O) groups excluding carboxylic acids is 3. The first-order valence-electron chi connectivity index (χ1n) is 7.56. The highest BCUT2D eigenvalue weighted by Gasteiger charge is 2.42. The first kappa shape index (κ1) is 20.2. The summed E-state index contributed by atoms with van der Waals surface area (Å²) in [5.74, 6) is -5.48. The van der Waals surface area contributed by atoms with E-state index in [2.05, 4.69) is 10.1 Å². The quantitative estimate of drug-likeness (QED) is 0.495. The zero-order valence-corrected chi connectivity index (χ0v) is 14.5. The van der Waals surface area contributed by atoms with E-state index in [1.807, 2.05) is 0 Å². The molecule has 9 nitrogen and oxygen atoms in total. The van der Waals surface area contributed by atoms with Gasteiger partial charge >= 0.3 is 23.9 Å². The monoisotopic (exact) mass is 355 g/mol. The topological polar surface area (TPSA) is 128 Å². The maximum atomic E-state index is 12.4. The third-order valence-electron chi connectivity index (χ3n) is 3.40. The van der Waals surface area contributed by atoms with Crippen molar-refractivity contribution in [3.63, 3.8) is 0 Å². The molecule has 0 fully saturated rings. The fourth-order valence-corrected chi connectivity index (χ4v) is 2.37. The van der Waals surface area contributed by atoms with Crippen molar-refractivity contribution in [2.75, 3.05) is 20.3 Å². The number of esters is 3. The maximum Gasteiger partial charge on any atom is 0.341 e. The molecule has 0 aromatic carbocycles. The fraction of sp³-hybridized carbons (Fsp3) is 0.500. The van der Waals surface area contributed by atoms with Crippen LogP contribution in [0.1, 0.15) is 27.2 Å². The highest BCUT2D eigenvalue weighted by molar-refractivity contribution is 6.05. The lowest BCUT2D eigenvalue weighted by Crippen LogP contribution is -2.38. The molecule has 0 spiro atoms. The number of carboxylic acid groups (broad SMARTS) is 1. The molecule has 0 bridgehead atoms. The van der Waals surface area contributed by atoms with E-state index in [1.54, 1.807) is 6.92 Å². The largest absolute Gasteiger partial charge is 0.479 e. The summed E-state index contributed by atoms with van der Waals surface area (Å²) in [5.41, 5.74) is 0.360. The van der Waals surface area contributed by atoms with Crippen molar-refractivity contribution >= 4 is 23.9 Å². The van der Waals surface area contributed by atoms with Gasteiger partial charge in [0.25, 0.3) is 0 Å². The van der Waals surface area contributed by atoms with E-state index >= 15 is 0 Å². The molecule has 2 N–H and O–H groups in total.